The number of rotatable bonds is 6. The summed E-state index contributed by atoms with van der Waals surface area (Å²) in [6.45, 7) is 3.84. The molecule has 2 unspecified atom stereocenters. The van der Waals surface area contributed by atoms with Gasteiger partial charge in [-0.25, -0.2) is 8.42 Å². The average Bonchev–Trinajstić information content (AvgIpc) is 2.69. The molecule has 9 heteroatoms. The summed E-state index contributed by atoms with van der Waals surface area (Å²) in [5.41, 5.74) is 0. The number of sulfonamides is 1. The maximum Gasteiger partial charge on any atom is 0.289 e. The number of ketones is 1. The number of carbonyl (C=O) groups is 3. The van der Waals surface area contributed by atoms with Crippen LogP contribution in [0.1, 0.15) is 46.0 Å². The Bertz CT molecular complexity index is 824. The Labute approximate surface area is 171 Å². The zero-order valence-electron chi connectivity index (χ0n) is 16.8. The summed E-state index contributed by atoms with van der Waals surface area (Å²) >= 11 is 0. The van der Waals surface area contributed by atoms with Crippen LogP contribution in [0.25, 0.3) is 0 Å². The molecule has 1 fully saturated rings. The van der Waals surface area contributed by atoms with Crippen LogP contribution in [0.2, 0.25) is 0 Å². The summed E-state index contributed by atoms with van der Waals surface area (Å²) in [5, 5.41) is 5.16. The highest BCUT2D eigenvalue weighted by molar-refractivity contribution is 7.89. The highest BCUT2D eigenvalue weighted by Crippen LogP contribution is 2.13. The van der Waals surface area contributed by atoms with Crippen molar-refractivity contribution >= 4 is 27.6 Å². The molecule has 0 radical (unpaired) electrons. The van der Waals surface area contributed by atoms with Crippen molar-refractivity contribution in [3.05, 3.63) is 30.3 Å². The van der Waals surface area contributed by atoms with Gasteiger partial charge in [0.2, 0.25) is 21.7 Å². The van der Waals surface area contributed by atoms with E-state index in [-0.39, 0.29) is 10.8 Å². The molecule has 0 saturated carbocycles. The van der Waals surface area contributed by atoms with Crippen molar-refractivity contribution in [3.63, 3.8) is 0 Å². The second-order valence-electron chi connectivity index (χ2n) is 7.54. The molecule has 0 aliphatic carbocycles. The third-order valence-corrected chi connectivity index (χ3v) is 6.30. The van der Waals surface area contributed by atoms with Gasteiger partial charge in [-0.2, -0.15) is 4.72 Å². The summed E-state index contributed by atoms with van der Waals surface area (Å²) < 4.78 is 27.7. The lowest BCUT2D eigenvalue weighted by molar-refractivity contribution is -0.140. The van der Waals surface area contributed by atoms with Crippen molar-refractivity contribution in [1.82, 2.24) is 15.4 Å². The van der Waals surface area contributed by atoms with Crippen LogP contribution in [0.15, 0.2) is 35.2 Å². The van der Waals surface area contributed by atoms with Crippen molar-refractivity contribution in [2.24, 2.45) is 5.92 Å². The maximum absolute atomic E-state index is 12.8. The first-order valence-electron chi connectivity index (χ1n) is 9.92. The summed E-state index contributed by atoms with van der Waals surface area (Å²) in [6, 6.07) is 5.71. The van der Waals surface area contributed by atoms with E-state index in [4.69, 9.17) is 0 Å². The number of Topliss-reactive ketones (excluding diaryl/α,β-unsaturated/α-hetero) is 1. The molecule has 2 rings (SSSR count). The lowest BCUT2D eigenvalue weighted by atomic mass is 9.99. The van der Waals surface area contributed by atoms with Gasteiger partial charge >= 0.3 is 0 Å². The Kier molecular flexibility index (Phi) is 8.33. The fraction of sp³-hybridized carbons (Fsp3) is 0.550. The number of amides is 2. The van der Waals surface area contributed by atoms with Crippen molar-refractivity contribution in [3.8, 4) is 0 Å². The van der Waals surface area contributed by atoms with Crippen molar-refractivity contribution in [2.75, 3.05) is 6.54 Å². The lowest BCUT2D eigenvalue weighted by Crippen LogP contribution is -2.55. The summed E-state index contributed by atoms with van der Waals surface area (Å²) in [6.07, 6.45) is 3.68. The Morgan fingerprint density at radius 3 is 2.38 bits per heavy atom. The smallest absolute Gasteiger partial charge is 0.289 e. The maximum atomic E-state index is 12.8. The minimum absolute atomic E-state index is 0.0487. The van der Waals surface area contributed by atoms with E-state index in [1.807, 2.05) is 0 Å². The van der Waals surface area contributed by atoms with E-state index in [0.29, 0.717) is 19.4 Å². The van der Waals surface area contributed by atoms with Crippen LogP contribution in [-0.4, -0.2) is 44.6 Å². The SMILES string of the molecule is CC(C)C(NS(=O)(=O)c1ccccc1)C(=O)NC1CCCCCCNC(=O)C1=O. The third kappa shape index (κ3) is 6.64. The molecule has 3 N–H and O–H groups in total. The molecule has 2 amide bonds. The quantitative estimate of drug-likeness (QED) is 0.592. The van der Waals surface area contributed by atoms with Crippen LogP contribution in [-0.2, 0) is 24.4 Å². The van der Waals surface area contributed by atoms with Crippen LogP contribution in [0.5, 0.6) is 0 Å². The Morgan fingerprint density at radius 2 is 1.72 bits per heavy atom. The molecule has 1 aliphatic rings. The second-order valence-corrected chi connectivity index (χ2v) is 9.25. The normalized spacial score (nSPS) is 20.0. The highest BCUT2D eigenvalue weighted by Gasteiger charge is 2.33. The predicted octanol–water partition coefficient (Wildman–Crippen LogP) is 1.12. The zero-order valence-corrected chi connectivity index (χ0v) is 17.6. The van der Waals surface area contributed by atoms with Crippen LogP contribution >= 0.6 is 0 Å². The number of benzene rings is 1. The summed E-state index contributed by atoms with van der Waals surface area (Å²) in [4.78, 5) is 37.3. The molecular weight excluding hydrogens is 394 g/mol. The van der Waals surface area contributed by atoms with E-state index in [1.165, 1.54) is 12.1 Å². The summed E-state index contributed by atoms with van der Waals surface area (Å²) in [7, 11) is -3.91. The first-order chi connectivity index (χ1) is 13.7. The van der Waals surface area contributed by atoms with Gasteiger partial charge < -0.3 is 10.6 Å². The number of carbonyl (C=O) groups excluding carboxylic acids is 3. The number of nitrogens with one attached hydrogen (secondary N) is 3. The molecule has 1 heterocycles. The first kappa shape index (κ1) is 23.0. The van der Waals surface area contributed by atoms with Crippen LogP contribution in [0.3, 0.4) is 0 Å². The largest absolute Gasteiger partial charge is 0.349 e. The molecule has 1 saturated heterocycles. The van der Waals surface area contributed by atoms with Crippen LogP contribution in [0.4, 0.5) is 0 Å². The molecule has 29 heavy (non-hydrogen) atoms. The molecule has 1 aromatic rings. The van der Waals surface area contributed by atoms with E-state index in [2.05, 4.69) is 15.4 Å². The Balaban J connectivity index is 2.14. The number of hydrogen-bond acceptors (Lipinski definition) is 5. The van der Waals surface area contributed by atoms with Gasteiger partial charge in [0.1, 0.15) is 6.04 Å². The first-order valence-corrected chi connectivity index (χ1v) is 11.4. The molecule has 1 aliphatic heterocycles. The highest BCUT2D eigenvalue weighted by atomic mass is 32.2. The fourth-order valence-corrected chi connectivity index (χ4v) is 4.50. The molecule has 1 aromatic carbocycles. The van der Waals surface area contributed by atoms with Gasteiger partial charge in [0.25, 0.3) is 5.91 Å². The molecule has 0 aromatic heterocycles. The van der Waals surface area contributed by atoms with Gasteiger partial charge in [-0.15, -0.1) is 0 Å². The monoisotopic (exact) mass is 423 g/mol. The Hall–Kier alpha value is -2.26. The third-order valence-electron chi connectivity index (χ3n) is 4.85. The van der Waals surface area contributed by atoms with Crippen molar-refractivity contribution < 1.29 is 22.8 Å². The van der Waals surface area contributed by atoms with Crippen molar-refractivity contribution in [2.45, 2.75) is 62.9 Å². The fourth-order valence-electron chi connectivity index (χ4n) is 3.13. The van der Waals surface area contributed by atoms with E-state index in [9.17, 15) is 22.8 Å². The molecular formula is C20H29N3O5S. The molecule has 160 valence electrons. The standard InChI is InChI=1S/C20H29N3O5S/c1-14(2)17(23-29(27,28)15-10-6-5-7-11-15)19(25)22-16-12-8-3-4-9-13-21-20(26)18(16)24/h5-7,10-11,14,16-17,23H,3-4,8-9,12-13H2,1-2H3,(H,21,26)(H,22,25). The molecule has 0 spiro atoms. The van der Waals surface area contributed by atoms with Gasteiger partial charge in [0.15, 0.2) is 0 Å². The van der Waals surface area contributed by atoms with Gasteiger partial charge in [0.05, 0.1) is 10.9 Å². The number of hydrogen-bond donors (Lipinski definition) is 3. The van der Waals surface area contributed by atoms with Gasteiger partial charge in [-0.05, 0) is 30.9 Å². The van der Waals surface area contributed by atoms with Crippen molar-refractivity contribution in [1.29, 1.82) is 0 Å². The lowest BCUT2D eigenvalue weighted by Gasteiger charge is -2.25. The zero-order chi connectivity index (χ0) is 21.4. The molecule has 2 atom stereocenters. The summed E-state index contributed by atoms with van der Waals surface area (Å²) in [5.74, 6) is -2.41. The molecule has 8 nitrogen and oxygen atoms in total. The van der Waals surface area contributed by atoms with Gasteiger partial charge in [-0.3, -0.25) is 14.4 Å². The average molecular weight is 424 g/mol. The predicted molar refractivity (Wildman–Crippen MR) is 108 cm³/mol. The van der Waals surface area contributed by atoms with E-state index < -0.39 is 39.7 Å². The van der Waals surface area contributed by atoms with Gasteiger partial charge in [-0.1, -0.05) is 51.3 Å². The second kappa shape index (κ2) is 10.5. The minimum Gasteiger partial charge on any atom is -0.349 e. The van der Waals surface area contributed by atoms with E-state index in [0.717, 1.165) is 19.3 Å². The van der Waals surface area contributed by atoms with Gasteiger partial charge in [0, 0.05) is 6.54 Å². The van der Waals surface area contributed by atoms with E-state index in [1.54, 1.807) is 32.0 Å². The van der Waals surface area contributed by atoms with Crippen LogP contribution < -0.4 is 15.4 Å². The van der Waals surface area contributed by atoms with E-state index >= 15 is 0 Å². The Morgan fingerprint density at radius 1 is 1.07 bits per heavy atom. The minimum atomic E-state index is -3.91. The topological polar surface area (TPSA) is 121 Å². The van der Waals surface area contributed by atoms with Crippen LogP contribution in [0, 0.1) is 5.92 Å². The molecule has 0 bridgehead atoms.